The van der Waals surface area contributed by atoms with Gasteiger partial charge in [-0.2, -0.15) is 0 Å². The van der Waals surface area contributed by atoms with Crippen LogP contribution in [-0.4, -0.2) is 112 Å². The fraction of sp³-hybridized carbons (Fsp3) is 0.528. The average molecular weight is 897 g/mol. The number of aliphatic hydroxyl groups excluding tert-OH is 2. The summed E-state index contributed by atoms with van der Waals surface area (Å²) in [5.41, 5.74) is 3.06. The number of aliphatic hydroxyl groups is 2. The van der Waals surface area contributed by atoms with Gasteiger partial charge in [-0.05, 0) is 40.5 Å². The molecule has 0 amide bonds. The topological polar surface area (TPSA) is 119 Å². The zero-order chi connectivity index (χ0) is 34.6. The molecule has 0 aliphatic rings. The summed E-state index contributed by atoms with van der Waals surface area (Å²) in [7, 11) is 13.4. The monoisotopic (exact) mass is 896 g/mol. The van der Waals surface area contributed by atoms with Crippen molar-refractivity contribution in [3.63, 3.8) is 0 Å². The lowest BCUT2D eigenvalue weighted by atomic mass is 9.98. The van der Waals surface area contributed by atoms with Crippen LogP contribution in [0.4, 0.5) is 0 Å². The number of phenols is 1. The number of benzene rings is 2. The molecule has 2 aromatic carbocycles. The number of halogens is 2. The summed E-state index contributed by atoms with van der Waals surface area (Å²) in [5, 5.41) is 33.2. The van der Waals surface area contributed by atoms with Crippen LogP contribution in [-0.2, 0) is 12.8 Å². The number of fused-ring (bicyclic) bond motifs is 2. The molecule has 0 aliphatic heterocycles. The maximum Gasteiger partial charge on any atom is 0.204 e. The summed E-state index contributed by atoms with van der Waals surface area (Å²) in [6, 6.07) is 3.20. The Labute approximate surface area is 319 Å². The van der Waals surface area contributed by atoms with Crippen LogP contribution in [0.3, 0.4) is 0 Å². The Morgan fingerprint density at radius 2 is 1.21 bits per heavy atom. The highest BCUT2D eigenvalue weighted by atomic mass is 127. The first-order valence-electron chi connectivity index (χ1n) is 15.7. The van der Waals surface area contributed by atoms with Gasteiger partial charge in [0.25, 0.3) is 0 Å². The number of nitrogens with zero attached hydrogens (tertiary/aromatic N) is 2. The van der Waals surface area contributed by atoms with Crippen LogP contribution in [0.25, 0.3) is 21.9 Å². The first-order valence-corrected chi connectivity index (χ1v) is 15.7. The lowest BCUT2D eigenvalue weighted by molar-refractivity contribution is -0.873. The van der Waals surface area contributed by atoms with Gasteiger partial charge < -0.3 is 90.9 Å². The summed E-state index contributed by atoms with van der Waals surface area (Å²) in [5.74, 6) is 0.797. The molecule has 0 fully saturated rings. The van der Waals surface area contributed by atoms with Gasteiger partial charge in [0, 0.05) is 23.3 Å². The minimum Gasteiger partial charge on any atom is -1.00 e. The molecule has 2 unspecified atom stereocenters. The second kappa shape index (κ2) is 18.2. The fourth-order valence-corrected chi connectivity index (χ4v) is 5.41. The van der Waals surface area contributed by atoms with E-state index in [9.17, 15) is 20.1 Å². The Morgan fingerprint density at radius 1 is 0.771 bits per heavy atom. The van der Waals surface area contributed by atoms with Crippen molar-refractivity contribution >= 4 is 21.9 Å². The number of methoxy groups -OCH3 is 1. The first-order chi connectivity index (χ1) is 21.3. The van der Waals surface area contributed by atoms with Crippen LogP contribution < -0.4 is 67.6 Å². The van der Waals surface area contributed by atoms with E-state index in [2.05, 4.69) is 0 Å². The first kappa shape index (κ1) is 43.9. The van der Waals surface area contributed by atoms with E-state index in [1.807, 2.05) is 82.1 Å². The molecule has 0 bridgehead atoms. The quantitative estimate of drug-likeness (QED) is 0.0738. The van der Waals surface area contributed by atoms with Crippen LogP contribution in [0.15, 0.2) is 44.6 Å². The Kier molecular flexibility index (Phi) is 16.7. The van der Waals surface area contributed by atoms with E-state index >= 15 is 0 Å². The Hall–Kier alpha value is -2.11. The molecule has 48 heavy (non-hydrogen) atoms. The minimum absolute atomic E-state index is 0. The van der Waals surface area contributed by atoms with Crippen molar-refractivity contribution in [2.24, 2.45) is 0 Å². The standard InChI is InChI=1S/C36H53N2O8.2HI/c1-22(2)12-14-26-28(44-20-24(39)18-37(5,6)7)16-30-33(34(26)41)35(42)32-27(15-13-23(3)4)36(43-11)31(17-29(32)46-30)45-21-25(40)19-38(8,9)10;;/h12-13,16-17,24-25,39-40H,14-15,18-21H2,1-11H3;2*1H/q+1;;/p-1. The van der Waals surface area contributed by atoms with Gasteiger partial charge >= 0.3 is 0 Å². The summed E-state index contributed by atoms with van der Waals surface area (Å²) in [6.45, 7) is 8.79. The molecule has 2 atom stereocenters. The molecule has 3 aromatic rings. The van der Waals surface area contributed by atoms with E-state index in [1.165, 1.54) is 7.11 Å². The number of allylic oxidation sites excluding steroid dienone is 4. The Morgan fingerprint density at radius 3 is 1.67 bits per heavy atom. The second-order valence-electron chi connectivity index (χ2n) is 14.6. The normalized spacial score (nSPS) is 12.9. The lowest BCUT2D eigenvalue weighted by Crippen LogP contribution is -3.00. The van der Waals surface area contributed by atoms with E-state index < -0.39 is 17.6 Å². The smallest absolute Gasteiger partial charge is 0.204 e. The number of ether oxygens (including phenoxy) is 3. The highest BCUT2D eigenvalue weighted by Gasteiger charge is 2.26. The SMILES string of the molecule is COc1c(OCC(O)C[N+](C)(C)C)cc2oc3cc(OCC(O)C[N+](C)(C)C)c(CC=C(C)C)c(O)c3c(=O)c2c1CC=C(C)C.[I-].[I-]. The van der Waals surface area contributed by atoms with E-state index in [0.29, 0.717) is 63.3 Å². The van der Waals surface area contributed by atoms with Gasteiger partial charge in [-0.3, -0.25) is 4.79 Å². The zero-order valence-corrected chi connectivity index (χ0v) is 34.6. The number of hydrogen-bond acceptors (Lipinski definition) is 8. The molecule has 1 aromatic heterocycles. The predicted octanol–water partition coefficient (Wildman–Crippen LogP) is -1.42. The third kappa shape index (κ3) is 12.0. The number of quaternary nitrogens is 2. The van der Waals surface area contributed by atoms with Crippen molar-refractivity contribution in [3.05, 3.63) is 56.8 Å². The number of likely N-dealkylation sites (N-methyl/N-ethyl adjacent to an activating group) is 2. The predicted molar refractivity (Wildman–Crippen MR) is 183 cm³/mol. The van der Waals surface area contributed by atoms with Gasteiger partial charge in [0.1, 0.15) is 66.6 Å². The van der Waals surface area contributed by atoms with Crippen molar-refractivity contribution in [3.8, 4) is 23.0 Å². The molecule has 3 N–H and O–H groups in total. The van der Waals surface area contributed by atoms with Gasteiger partial charge in [0.05, 0.1) is 54.8 Å². The summed E-state index contributed by atoms with van der Waals surface area (Å²) in [4.78, 5) is 14.3. The lowest BCUT2D eigenvalue weighted by Gasteiger charge is -2.27. The number of aromatic hydroxyl groups is 1. The third-order valence-electron chi connectivity index (χ3n) is 7.32. The van der Waals surface area contributed by atoms with E-state index in [0.717, 1.165) is 11.1 Å². The molecule has 1 heterocycles. The number of phenolic OH excluding ortho intramolecular Hbond substituents is 1. The maximum atomic E-state index is 14.3. The highest BCUT2D eigenvalue weighted by Crippen LogP contribution is 2.41. The van der Waals surface area contributed by atoms with Gasteiger partial charge in [-0.25, -0.2) is 0 Å². The number of rotatable bonds is 15. The maximum absolute atomic E-state index is 14.3. The van der Waals surface area contributed by atoms with Crippen LogP contribution >= 0.6 is 0 Å². The van der Waals surface area contributed by atoms with Crippen LogP contribution in [0.2, 0.25) is 0 Å². The molecule has 270 valence electrons. The van der Waals surface area contributed by atoms with Crippen molar-refractivity contribution < 1.29 is 90.9 Å². The summed E-state index contributed by atoms with van der Waals surface area (Å²) >= 11 is 0. The molecule has 0 radical (unpaired) electrons. The van der Waals surface area contributed by atoms with E-state index in [-0.39, 0.29) is 88.9 Å². The summed E-state index contributed by atoms with van der Waals surface area (Å²) < 4.78 is 25.4. The fourth-order valence-electron chi connectivity index (χ4n) is 5.41. The van der Waals surface area contributed by atoms with E-state index in [1.54, 1.807) is 12.1 Å². The molecule has 10 nitrogen and oxygen atoms in total. The van der Waals surface area contributed by atoms with Gasteiger partial charge in [0.15, 0.2) is 11.5 Å². The van der Waals surface area contributed by atoms with Gasteiger partial charge in [0.2, 0.25) is 5.43 Å². The molecular formula is C36H54I2N2O8. The van der Waals surface area contributed by atoms with Crippen molar-refractivity contribution in [2.75, 3.05) is 75.7 Å². The molecular weight excluding hydrogens is 842 g/mol. The zero-order valence-electron chi connectivity index (χ0n) is 30.2. The minimum atomic E-state index is -0.755. The number of hydrogen-bond donors (Lipinski definition) is 3. The second-order valence-corrected chi connectivity index (χ2v) is 14.6. The highest BCUT2D eigenvalue weighted by molar-refractivity contribution is 5.98. The van der Waals surface area contributed by atoms with Crippen LogP contribution in [0.1, 0.15) is 38.8 Å². The van der Waals surface area contributed by atoms with E-state index in [4.69, 9.17) is 18.6 Å². The molecule has 0 aliphatic carbocycles. The van der Waals surface area contributed by atoms with Gasteiger partial charge in [-0.1, -0.05) is 23.3 Å². The molecule has 0 spiro atoms. The molecule has 3 rings (SSSR count). The molecule has 0 saturated carbocycles. The average Bonchev–Trinajstić information content (AvgIpc) is 2.90. The third-order valence-corrected chi connectivity index (χ3v) is 7.32. The van der Waals surface area contributed by atoms with Crippen LogP contribution in [0.5, 0.6) is 23.0 Å². The molecule has 12 heteroatoms. The molecule has 0 saturated heterocycles. The Balaban J connectivity index is 0.00000576. The summed E-state index contributed by atoms with van der Waals surface area (Å²) in [6.07, 6.45) is 3.10. The van der Waals surface area contributed by atoms with Crippen LogP contribution in [0, 0.1) is 0 Å². The van der Waals surface area contributed by atoms with Crippen molar-refractivity contribution in [1.29, 1.82) is 0 Å². The van der Waals surface area contributed by atoms with Crippen molar-refractivity contribution in [1.82, 2.24) is 0 Å². The Bertz CT molecular complexity index is 1660. The van der Waals surface area contributed by atoms with Gasteiger partial charge in [-0.15, -0.1) is 0 Å². The largest absolute Gasteiger partial charge is 1.00 e. The van der Waals surface area contributed by atoms with Crippen molar-refractivity contribution in [2.45, 2.75) is 52.7 Å².